The minimum atomic E-state index is -1.11. The van der Waals surface area contributed by atoms with Gasteiger partial charge in [0.1, 0.15) is 6.54 Å². The Kier molecular flexibility index (Phi) is 5.05. The number of rotatable bonds is 5. The zero-order valence-corrected chi connectivity index (χ0v) is 10.9. The zero-order chi connectivity index (χ0) is 14.4. The van der Waals surface area contributed by atoms with Gasteiger partial charge < -0.3 is 10.0 Å². The molecule has 0 heterocycles. The predicted octanol–water partition coefficient (Wildman–Crippen LogP) is 0.583. The summed E-state index contributed by atoms with van der Waals surface area (Å²) in [6, 6.07) is 8.50. The number of nitrogens with zero attached hydrogens (tertiary/aromatic N) is 2. The molecule has 19 heavy (non-hydrogen) atoms. The second kappa shape index (κ2) is 6.53. The molecule has 1 aromatic rings. The fraction of sp³-hybridized carbons (Fsp3) is 0.308. The minimum Gasteiger partial charge on any atom is -0.480 e. The molecule has 0 radical (unpaired) electrons. The van der Waals surface area contributed by atoms with E-state index >= 15 is 0 Å². The van der Waals surface area contributed by atoms with Gasteiger partial charge in [-0.1, -0.05) is 18.2 Å². The summed E-state index contributed by atoms with van der Waals surface area (Å²) in [5.41, 5.74) is 0.492. The van der Waals surface area contributed by atoms with Gasteiger partial charge in [-0.15, -0.1) is 0 Å². The largest absolute Gasteiger partial charge is 0.480 e. The number of amides is 2. The van der Waals surface area contributed by atoms with Crippen LogP contribution in [0.15, 0.2) is 30.3 Å². The molecule has 0 unspecified atom stereocenters. The second-order valence-corrected chi connectivity index (χ2v) is 4.08. The van der Waals surface area contributed by atoms with Crippen molar-refractivity contribution >= 4 is 23.5 Å². The number of carbonyl (C=O) groups excluding carboxylic acids is 2. The summed E-state index contributed by atoms with van der Waals surface area (Å²) in [7, 11) is 1.49. The van der Waals surface area contributed by atoms with Crippen molar-refractivity contribution < 1.29 is 19.5 Å². The van der Waals surface area contributed by atoms with Crippen LogP contribution in [0.4, 0.5) is 5.69 Å². The van der Waals surface area contributed by atoms with Gasteiger partial charge in [-0.05, 0) is 12.1 Å². The van der Waals surface area contributed by atoms with Crippen LogP contribution in [-0.2, 0) is 14.4 Å². The number of hydrogen-bond donors (Lipinski definition) is 1. The van der Waals surface area contributed by atoms with Crippen molar-refractivity contribution in [3.05, 3.63) is 30.3 Å². The van der Waals surface area contributed by atoms with Crippen LogP contribution in [0.1, 0.15) is 6.92 Å². The molecule has 6 heteroatoms. The fourth-order valence-electron chi connectivity index (χ4n) is 1.47. The first-order chi connectivity index (χ1) is 8.91. The minimum absolute atomic E-state index is 0.155. The Balaban J connectivity index is 2.89. The van der Waals surface area contributed by atoms with E-state index in [4.69, 9.17) is 5.11 Å². The van der Waals surface area contributed by atoms with Crippen molar-refractivity contribution in [2.24, 2.45) is 0 Å². The topological polar surface area (TPSA) is 77.9 Å². The van der Waals surface area contributed by atoms with Gasteiger partial charge in [-0.3, -0.25) is 19.3 Å². The molecule has 1 rings (SSSR count). The van der Waals surface area contributed by atoms with Crippen molar-refractivity contribution in [2.75, 3.05) is 25.0 Å². The molecule has 0 aliphatic rings. The summed E-state index contributed by atoms with van der Waals surface area (Å²) in [4.78, 5) is 36.4. The van der Waals surface area contributed by atoms with E-state index in [1.54, 1.807) is 30.3 Å². The number of likely N-dealkylation sites (N-methyl/N-ethyl adjacent to an activating group) is 1. The molecule has 1 aromatic carbocycles. The zero-order valence-electron chi connectivity index (χ0n) is 10.9. The summed E-state index contributed by atoms with van der Waals surface area (Å²) in [5.74, 6) is -1.80. The SMILES string of the molecule is CC(=O)N(C)CC(=O)N(CC(=O)O)c1ccccc1. The van der Waals surface area contributed by atoms with Crippen LogP contribution in [0.5, 0.6) is 0 Å². The lowest BCUT2D eigenvalue weighted by Crippen LogP contribution is -2.43. The van der Waals surface area contributed by atoms with Crippen LogP contribution in [0.25, 0.3) is 0 Å². The average Bonchev–Trinajstić information content (AvgIpc) is 2.36. The number of hydrogen-bond acceptors (Lipinski definition) is 3. The Morgan fingerprint density at radius 1 is 1.11 bits per heavy atom. The standard InChI is InChI=1S/C13H16N2O4/c1-10(16)14(2)8-12(17)15(9-13(18)19)11-6-4-3-5-7-11/h3-7H,8-9H2,1-2H3,(H,18,19). The first kappa shape index (κ1) is 14.7. The normalized spacial score (nSPS) is 9.79. The maximum atomic E-state index is 12.1. The van der Waals surface area contributed by atoms with Gasteiger partial charge >= 0.3 is 5.97 Å². The maximum absolute atomic E-state index is 12.1. The van der Waals surface area contributed by atoms with Crippen molar-refractivity contribution in [3.8, 4) is 0 Å². The van der Waals surface area contributed by atoms with Gasteiger partial charge in [0, 0.05) is 19.7 Å². The first-order valence-electron chi connectivity index (χ1n) is 5.70. The predicted molar refractivity (Wildman–Crippen MR) is 69.7 cm³/mol. The maximum Gasteiger partial charge on any atom is 0.323 e. The highest BCUT2D eigenvalue weighted by atomic mass is 16.4. The number of para-hydroxylation sites is 1. The highest BCUT2D eigenvalue weighted by molar-refractivity contribution is 5.99. The highest BCUT2D eigenvalue weighted by Gasteiger charge is 2.20. The molecule has 0 spiro atoms. The fourth-order valence-corrected chi connectivity index (χ4v) is 1.47. The van der Waals surface area contributed by atoms with E-state index < -0.39 is 18.4 Å². The summed E-state index contributed by atoms with van der Waals surface area (Å²) in [5, 5.41) is 8.86. The lowest BCUT2D eigenvalue weighted by molar-refractivity contribution is -0.137. The Labute approximate surface area is 111 Å². The van der Waals surface area contributed by atoms with Gasteiger partial charge in [0.25, 0.3) is 0 Å². The third-order valence-electron chi connectivity index (χ3n) is 2.57. The van der Waals surface area contributed by atoms with E-state index in [0.717, 1.165) is 4.90 Å². The Bertz CT molecular complexity index is 473. The molecule has 0 bridgehead atoms. The lowest BCUT2D eigenvalue weighted by Gasteiger charge is -2.23. The van der Waals surface area contributed by atoms with Gasteiger partial charge in [0.05, 0.1) is 6.54 Å². The van der Waals surface area contributed by atoms with E-state index in [2.05, 4.69) is 0 Å². The lowest BCUT2D eigenvalue weighted by atomic mass is 10.2. The van der Waals surface area contributed by atoms with Crippen molar-refractivity contribution in [3.63, 3.8) is 0 Å². The Morgan fingerprint density at radius 3 is 2.16 bits per heavy atom. The molecular weight excluding hydrogens is 248 g/mol. The number of aliphatic carboxylic acids is 1. The highest BCUT2D eigenvalue weighted by Crippen LogP contribution is 2.13. The second-order valence-electron chi connectivity index (χ2n) is 4.08. The number of carboxylic acids is 1. The van der Waals surface area contributed by atoms with Crippen LogP contribution in [0.2, 0.25) is 0 Å². The third-order valence-corrected chi connectivity index (χ3v) is 2.57. The average molecular weight is 264 g/mol. The summed E-state index contributed by atoms with van der Waals surface area (Å²) in [6.07, 6.45) is 0. The molecule has 0 aliphatic heterocycles. The molecule has 0 saturated heterocycles. The van der Waals surface area contributed by atoms with E-state index in [-0.39, 0.29) is 12.5 Å². The van der Waals surface area contributed by atoms with Gasteiger partial charge in [0.2, 0.25) is 11.8 Å². The molecule has 0 saturated carbocycles. The van der Waals surface area contributed by atoms with E-state index in [0.29, 0.717) is 5.69 Å². The summed E-state index contributed by atoms with van der Waals surface area (Å²) >= 11 is 0. The molecule has 102 valence electrons. The van der Waals surface area contributed by atoms with E-state index in [9.17, 15) is 14.4 Å². The smallest absolute Gasteiger partial charge is 0.323 e. The molecule has 1 N–H and O–H groups in total. The first-order valence-corrected chi connectivity index (χ1v) is 5.70. The monoisotopic (exact) mass is 264 g/mol. The van der Waals surface area contributed by atoms with Crippen LogP contribution < -0.4 is 4.90 Å². The number of carboxylic acid groups (broad SMARTS) is 1. The van der Waals surface area contributed by atoms with E-state index in [1.807, 2.05) is 0 Å². The van der Waals surface area contributed by atoms with Crippen molar-refractivity contribution in [1.82, 2.24) is 4.90 Å². The van der Waals surface area contributed by atoms with Gasteiger partial charge in [-0.25, -0.2) is 0 Å². The Morgan fingerprint density at radius 2 is 1.68 bits per heavy atom. The molecule has 6 nitrogen and oxygen atoms in total. The summed E-state index contributed by atoms with van der Waals surface area (Å²) in [6.45, 7) is 0.753. The third kappa shape index (κ3) is 4.42. The number of anilines is 1. The molecule has 0 aliphatic carbocycles. The summed E-state index contributed by atoms with van der Waals surface area (Å²) < 4.78 is 0. The molecule has 0 aromatic heterocycles. The van der Waals surface area contributed by atoms with Crippen molar-refractivity contribution in [1.29, 1.82) is 0 Å². The van der Waals surface area contributed by atoms with Crippen LogP contribution in [0, 0.1) is 0 Å². The van der Waals surface area contributed by atoms with Crippen molar-refractivity contribution in [2.45, 2.75) is 6.92 Å². The molecule has 2 amide bonds. The van der Waals surface area contributed by atoms with E-state index in [1.165, 1.54) is 18.9 Å². The number of carbonyl (C=O) groups is 3. The van der Waals surface area contributed by atoms with Gasteiger partial charge in [-0.2, -0.15) is 0 Å². The number of benzene rings is 1. The molecule has 0 fully saturated rings. The van der Waals surface area contributed by atoms with Crippen LogP contribution in [-0.4, -0.2) is 47.9 Å². The molecule has 0 atom stereocenters. The van der Waals surface area contributed by atoms with Crippen LogP contribution >= 0.6 is 0 Å². The van der Waals surface area contributed by atoms with Crippen LogP contribution in [0.3, 0.4) is 0 Å². The Hall–Kier alpha value is -2.37. The quantitative estimate of drug-likeness (QED) is 0.844. The molecular formula is C13H16N2O4. The van der Waals surface area contributed by atoms with Gasteiger partial charge in [0.15, 0.2) is 0 Å².